The van der Waals surface area contributed by atoms with Crippen LogP contribution in [0.3, 0.4) is 0 Å². The van der Waals surface area contributed by atoms with Crippen LogP contribution in [0.2, 0.25) is 0 Å². The fourth-order valence-electron chi connectivity index (χ4n) is 3.65. The first-order valence-corrected chi connectivity index (χ1v) is 7.20. The average molecular weight is 248 g/mol. The van der Waals surface area contributed by atoms with E-state index in [0.29, 0.717) is 18.1 Å². The van der Waals surface area contributed by atoms with Crippen LogP contribution in [0.25, 0.3) is 0 Å². The molecule has 2 unspecified atom stereocenters. The van der Waals surface area contributed by atoms with Crippen LogP contribution in [-0.2, 0) is 20.0 Å². The largest absolute Gasteiger partial charge is 0.328 e. The molecule has 4 nitrogen and oxygen atoms in total. The van der Waals surface area contributed by atoms with Crippen molar-refractivity contribution in [2.45, 2.75) is 63.7 Å². The van der Waals surface area contributed by atoms with E-state index in [1.807, 2.05) is 4.68 Å². The van der Waals surface area contributed by atoms with Crippen LogP contribution in [-0.4, -0.2) is 32.8 Å². The summed E-state index contributed by atoms with van der Waals surface area (Å²) in [5.41, 5.74) is 8.67. The molecule has 1 aromatic heterocycles. The van der Waals surface area contributed by atoms with E-state index in [1.165, 1.54) is 37.1 Å². The Morgan fingerprint density at radius 3 is 2.56 bits per heavy atom. The zero-order chi connectivity index (χ0) is 12.7. The van der Waals surface area contributed by atoms with Crippen molar-refractivity contribution in [3.8, 4) is 0 Å². The lowest BCUT2D eigenvalue weighted by molar-refractivity contribution is 0.117. The highest BCUT2D eigenvalue weighted by molar-refractivity contribution is 5.11. The minimum absolute atomic E-state index is 0.427. The molecule has 0 aromatic carbocycles. The van der Waals surface area contributed by atoms with Gasteiger partial charge in [0, 0.05) is 31.7 Å². The molecule has 2 aliphatic heterocycles. The second kappa shape index (κ2) is 4.67. The van der Waals surface area contributed by atoms with Crippen molar-refractivity contribution >= 4 is 0 Å². The summed E-state index contributed by atoms with van der Waals surface area (Å²) in [6, 6.07) is 4.10. The number of nitrogens with two attached hydrogens (primary N) is 1. The third-order valence-electron chi connectivity index (χ3n) is 4.65. The Hall–Kier alpha value is -0.870. The SMILES string of the molecule is CCc1cc(CN2C3CCC2CC(N)C3)n(C)n1. The maximum atomic E-state index is 6.12. The third-order valence-corrected chi connectivity index (χ3v) is 4.65. The number of hydrogen-bond donors (Lipinski definition) is 1. The quantitative estimate of drug-likeness (QED) is 0.880. The molecule has 3 heterocycles. The van der Waals surface area contributed by atoms with Crippen molar-refractivity contribution in [2.24, 2.45) is 12.8 Å². The van der Waals surface area contributed by atoms with Gasteiger partial charge in [0.15, 0.2) is 0 Å². The lowest BCUT2D eigenvalue weighted by atomic mass is 9.98. The Balaban J connectivity index is 1.75. The van der Waals surface area contributed by atoms with Crippen molar-refractivity contribution in [1.29, 1.82) is 0 Å². The van der Waals surface area contributed by atoms with E-state index >= 15 is 0 Å². The zero-order valence-corrected chi connectivity index (χ0v) is 11.5. The first-order valence-electron chi connectivity index (χ1n) is 7.20. The normalized spacial score (nSPS) is 32.1. The van der Waals surface area contributed by atoms with Gasteiger partial charge in [-0.2, -0.15) is 5.10 Å². The van der Waals surface area contributed by atoms with Gasteiger partial charge in [0.05, 0.1) is 11.4 Å². The van der Waals surface area contributed by atoms with Crippen molar-refractivity contribution in [1.82, 2.24) is 14.7 Å². The topological polar surface area (TPSA) is 47.1 Å². The van der Waals surface area contributed by atoms with E-state index in [1.54, 1.807) is 0 Å². The first kappa shape index (κ1) is 12.2. The van der Waals surface area contributed by atoms with Gasteiger partial charge >= 0.3 is 0 Å². The second-order valence-corrected chi connectivity index (χ2v) is 5.89. The van der Waals surface area contributed by atoms with E-state index in [-0.39, 0.29) is 0 Å². The van der Waals surface area contributed by atoms with Crippen LogP contribution in [0.1, 0.15) is 44.0 Å². The Morgan fingerprint density at radius 2 is 2.00 bits per heavy atom. The molecule has 0 amide bonds. The molecule has 2 saturated heterocycles. The van der Waals surface area contributed by atoms with Gasteiger partial charge in [-0.15, -0.1) is 0 Å². The highest BCUT2D eigenvalue weighted by atomic mass is 15.3. The van der Waals surface area contributed by atoms with E-state index in [9.17, 15) is 0 Å². The number of nitrogens with zero attached hydrogens (tertiary/aromatic N) is 3. The zero-order valence-electron chi connectivity index (χ0n) is 11.5. The number of aromatic nitrogens is 2. The van der Waals surface area contributed by atoms with Crippen molar-refractivity contribution < 1.29 is 0 Å². The predicted molar refractivity (Wildman–Crippen MR) is 72.1 cm³/mol. The fraction of sp³-hybridized carbons (Fsp3) is 0.786. The Bertz CT molecular complexity index is 411. The summed E-state index contributed by atoms with van der Waals surface area (Å²) < 4.78 is 2.05. The number of hydrogen-bond acceptors (Lipinski definition) is 3. The highest BCUT2D eigenvalue weighted by Crippen LogP contribution is 2.36. The number of piperidine rings is 1. The second-order valence-electron chi connectivity index (χ2n) is 5.89. The van der Waals surface area contributed by atoms with Crippen molar-refractivity contribution in [3.63, 3.8) is 0 Å². The summed E-state index contributed by atoms with van der Waals surface area (Å²) in [6.45, 7) is 3.21. The van der Waals surface area contributed by atoms with Crippen molar-refractivity contribution in [3.05, 3.63) is 17.5 Å². The van der Waals surface area contributed by atoms with Gasteiger partial charge in [0.25, 0.3) is 0 Å². The predicted octanol–water partition coefficient (Wildman–Crippen LogP) is 1.44. The minimum atomic E-state index is 0.427. The summed E-state index contributed by atoms with van der Waals surface area (Å²) in [6.07, 6.45) is 6.03. The fourth-order valence-corrected chi connectivity index (χ4v) is 3.65. The van der Waals surface area contributed by atoms with Gasteiger partial charge in [0.2, 0.25) is 0 Å². The molecule has 2 atom stereocenters. The van der Waals surface area contributed by atoms with Gasteiger partial charge in [0.1, 0.15) is 0 Å². The molecular formula is C14H24N4. The molecule has 2 bridgehead atoms. The molecule has 2 N–H and O–H groups in total. The van der Waals surface area contributed by atoms with Gasteiger partial charge in [-0.1, -0.05) is 6.92 Å². The summed E-state index contributed by atoms with van der Waals surface area (Å²) in [5, 5.41) is 4.55. The first-order chi connectivity index (χ1) is 8.67. The van der Waals surface area contributed by atoms with Crippen molar-refractivity contribution in [2.75, 3.05) is 0 Å². The molecule has 4 heteroatoms. The van der Waals surface area contributed by atoms with Gasteiger partial charge in [-0.05, 0) is 38.2 Å². The van der Waals surface area contributed by atoms with Crippen LogP contribution < -0.4 is 5.73 Å². The average Bonchev–Trinajstić information content (AvgIpc) is 2.80. The highest BCUT2D eigenvalue weighted by Gasteiger charge is 2.39. The van der Waals surface area contributed by atoms with E-state index in [4.69, 9.17) is 5.73 Å². The molecule has 3 rings (SSSR count). The molecule has 0 saturated carbocycles. The molecule has 0 spiro atoms. The third kappa shape index (κ3) is 2.08. The molecule has 2 fully saturated rings. The van der Waals surface area contributed by atoms with Gasteiger partial charge < -0.3 is 5.73 Å². The van der Waals surface area contributed by atoms with Crippen LogP contribution in [0.15, 0.2) is 6.07 Å². The summed E-state index contributed by atoms with van der Waals surface area (Å²) in [5.74, 6) is 0. The molecule has 100 valence electrons. The van der Waals surface area contributed by atoms with E-state index in [0.717, 1.165) is 13.0 Å². The molecule has 0 aliphatic carbocycles. The Morgan fingerprint density at radius 1 is 1.33 bits per heavy atom. The number of fused-ring (bicyclic) bond motifs is 2. The van der Waals surface area contributed by atoms with Crippen LogP contribution in [0.5, 0.6) is 0 Å². The number of rotatable bonds is 3. The Labute approximate surface area is 109 Å². The summed E-state index contributed by atoms with van der Waals surface area (Å²) in [4.78, 5) is 2.67. The smallest absolute Gasteiger partial charge is 0.0625 e. The Kier molecular flexibility index (Phi) is 3.16. The molecule has 18 heavy (non-hydrogen) atoms. The van der Waals surface area contributed by atoms with Gasteiger partial charge in [-0.3, -0.25) is 9.58 Å². The standard InChI is InChI=1S/C14H24N4/c1-3-11-8-14(17(2)16-11)9-18-12-4-5-13(18)7-10(15)6-12/h8,10,12-13H,3-7,9,15H2,1-2H3. The van der Waals surface area contributed by atoms with Crippen LogP contribution in [0.4, 0.5) is 0 Å². The van der Waals surface area contributed by atoms with Crippen LogP contribution >= 0.6 is 0 Å². The van der Waals surface area contributed by atoms with Gasteiger partial charge in [-0.25, -0.2) is 0 Å². The molecular weight excluding hydrogens is 224 g/mol. The lowest BCUT2D eigenvalue weighted by Crippen LogP contribution is -2.47. The van der Waals surface area contributed by atoms with Crippen LogP contribution in [0, 0.1) is 0 Å². The van der Waals surface area contributed by atoms with E-state index in [2.05, 4.69) is 30.0 Å². The minimum Gasteiger partial charge on any atom is -0.328 e. The maximum absolute atomic E-state index is 6.12. The maximum Gasteiger partial charge on any atom is 0.0625 e. The summed E-state index contributed by atoms with van der Waals surface area (Å²) >= 11 is 0. The summed E-state index contributed by atoms with van der Waals surface area (Å²) in [7, 11) is 2.06. The monoisotopic (exact) mass is 248 g/mol. The van der Waals surface area contributed by atoms with E-state index < -0.39 is 0 Å². The number of aryl methyl sites for hydroxylation is 2. The molecule has 2 aliphatic rings. The molecule has 1 aromatic rings. The molecule has 0 radical (unpaired) electrons. The lowest BCUT2D eigenvalue weighted by Gasteiger charge is -2.37.